The number of alkyl halides is 3. The monoisotopic (exact) mass is 331 g/mol. The Morgan fingerprint density at radius 3 is 2.45 bits per heavy atom. The predicted octanol–water partition coefficient (Wildman–Crippen LogP) is 4.43. The lowest BCUT2D eigenvalue weighted by molar-refractivity contribution is -0.137. The average Bonchev–Trinajstić information content (AvgIpc) is 2.43. The van der Waals surface area contributed by atoms with Crippen LogP contribution in [-0.4, -0.2) is 11.5 Å². The van der Waals surface area contributed by atoms with Gasteiger partial charge in [-0.05, 0) is 30.3 Å². The Hall–Kier alpha value is -2.41. The second-order valence-corrected chi connectivity index (χ2v) is 4.59. The first-order valence-electron chi connectivity index (χ1n) is 5.89. The van der Waals surface area contributed by atoms with Gasteiger partial charge in [0.1, 0.15) is 17.2 Å². The second-order valence-electron chi connectivity index (χ2n) is 4.19. The van der Waals surface area contributed by atoms with Crippen LogP contribution in [-0.2, 0) is 11.0 Å². The molecule has 2 N–H and O–H groups in total. The van der Waals surface area contributed by atoms with Crippen LogP contribution in [0.2, 0.25) is 5.02 Å². The molecule has 0 bridgehead atoms. The molecule has 0 aromatic heterocycles. The SMILES string of the molecule is O=CNc1ccc(Oc2ccc(C(F)(F)F)cc2Cl)cc1O. The van der Waals surface area contributed by atoms with Crippen LogP contribution in [0.3, 0.4) is 0 Å². The van der Waals surface area contributed by atoms with E-state index in [0.29, 0.717) is 6.41 Å². The summed E-state index contributed by atoms with van der Waals surface area (Å²) in [6.07, 6.45) is -4.11. The number of phenols is 1. The van der Waals surface area contributed by atoms with Crippen molar-refractivity contribution in [1.29, 1.82) is 0 Å². The van der Waals surface area contributed by atoms with Crippen molar-refractivity contribution < 1.29 is 27.8 Å². The summed E-state index contributed by atoms with van der Waals surface area (Å²) in [5.74, 6) is -0.103. The molecule has 2 aromatic rings. The molecule has 0 radical (unpaired) electrons. The number of aromatic hydroxyl groups is 1. The molecule has 2 aromatic carbocycles. The Balaban J connectivity index is 2.24. The van der Waals surface area contributed by atoms with Crippen LogP contribution >= 0.6 is 11.6 Å². The Kier molecular flexibility index (Phi) is 4.46. The summed E-state index contributed by atoms with van der Waals surface area (Å²) in [7, 11) is 0. The molecule has 0 aliphatic carbocycles. The third kappa shape index (κ3) is 3.62. The first kappa shape index (κ1) is 16.0. The quantitative estimate of drug-likeness (QED) is 0.644. The number of amides is 1. The van der Waals surface area contributed by atoms with Crippen molar-refractivity contribution in [3.05, 3.63) is 47.0 Å². The Morgan fingerprint density at radius 2 is 1.91 bits per heavy atom. The highest BCUT2D eigenvalue weighted by Crippen LogP contribution is 2.37. The Bertz CT molecular complexity index is 704. The van der Waals surface area contributed by atoms with Crippen molar-refractivity contribution in [1.82, 2.24) is 0 Å². The molecule has 116 valence electrons. The van der Waals surface area contributed by atoms with E-state index in [2.05, 4.69) is 5.32 Å². The first-order chi connectivity index (χ1) is 10.3. The molecule has 0 spiro atoms. The fourth-order valence-corrected chi connectivity index (χ4v) is 1.87. The van der Waals surface area contributed by atoms with Crippen LogP contribution < -0.4 is 10.1 Å². The fraction of sp³-hybridized carbons (Fsp3) is 0.0714. The number of carbonyl (C=O) groups is 1. The third-order valence-corrected chi connectivity index (χ3v) is 2.97. The molecule has 0 aliphatic rings. The van der Waals surface area contributed by atoms with E-state index in [1.54, 1.807) is 0 Å². The molecule has 0 heterocycles. The van der Waals surface area contributed by atoms with E-state index in [0.717, 1.165) is 18.2 Å². The maximum atomic E-state index is 12.5. The van der Waals surface area contributed by atoms with Crippen molar-refractivity contribution in [2.75, 3.05) is 5.32 Å². The molecule has 8 heteroatoms. The highest BCUT2D eigenvalue weighted by atomic mass is 35.5. The summed E-state index contributed by atoms with van der Waals surface area (Å²) in [5, 5.41) is 11.7. The Labute approximate surface area is 128 Å². The zero-order valence-corrected chi connectivity index (χ0v) is 11.6. The molecule has 0 aliphatic heterocycles. The number of benzene rings is 2. The van der Waals surface area contributed by atoms with Crippen molar-refractivity contribution >= 4 is 23.7 Å². The van der Waals surface area contributed by atoms with Gasteiger partial charge in [0.25, 0.3) is 0 Å². The van der Waals surface area contributed by atoms with Crippen LogP contribution in [0, 0.1) is 0 Å². The zero-order valence-electron chi connectivity index (χ0n) is 10.8. The molecule has 4 nitrogen and oxygen atoms in total. The van der Waals surface area contributed by atoms with Crippen molar-refractivity contribution in [3.8, 4) is 17.2 Å². The minimum absolute atomic E-state index is 0.00478. The van der Waals surface area contributed by atoms with Gasteiger partial charge in [-0.2, -0.15) is 13.2 Å². The van der Waals surface area contributed by atoms with Crippen molar-refractivity contribution in [3.63, 3.8) is 0 Å². The third-order valence-electron chi connectivity index (χ3n) is 2.67. The highest BCUT2D eigenvalue weighted by Gasteiger charge is 2.31. The van der Waals surface area contributed by atoms with E-state index in [-0.39, 0.29) is 28.0 Å². The topological polar surface area (TPSA) is 58.6 Å². The van der Waals surface area contributed by atoms with E-state index in [4.69, 9.17) is 16.3 Å². The fourth-order valence-electron chi connectivity index (χ4n) is 1.65. The maximum absolute atomic E-state index is 12.5. The molecule has 0 saturated carbocycles. The predicted molar refractivity (Wildman–Crippen MR) is 74.3 cm³/mol. The molecule has 22 heavy (non-hydrogen) atoms. The number of ether oxygens (including phenoxy) is 1. The standard InChI is InChI=1S/C14H9ClF3NO3/c15-10-5-8(14(16,17)18)1-4-13(10)22-9-2-3-11(19-7-20)12(21)6-9/h1-7,21H,(H,19,20). The van der Waals surface area contributed by atoms with Gasteiger partial charge < -0.3 is 15.2 Å². The van der Waals surface area contributed by atoms with E-state index >= 15 is 0 Å². The minimum atomic E-state index is -4.50. The number of carbonyl (C=O) groups excluding carboxylic acids is 1. The van der Waals surface area contributed by atoms with E-state index in [9.17, 15) is 23.1 Å². The summed E-state index contributed by atoms with van der Waals surface area (Å²) in [5.41, 5.74) is -0.723. The summed E-state index contributed by atoms with van der Waals surface area (Å²) in [6, 6.07) is 6.65. The number of rotatable bonds is 4. The van der Waals surface area contributed by atoms with E-state index in [1.807, 2.05) is 0 Å². The second kappa shape index (κ2) is 6.15. The van der Waals surface area contributed by atoms with Gasteiger partial charge in [-0.15, -0.1) is 0 Å². The Morgan fingerprint density at radius 1 is 1.18 bits per heavy atom. The summed E-state index contributed by atoms with van der Waals surface area (Å²) < 4.78 is 42.9. The van der Waals surface area contributed by atoms with Gasteiger partial charge in [-0.25, -0.2) is 0 Å². The summed E-state index contributed by atoms with van der Waals surface area (Å²) in [6.45, 7) is 0. The molecular formula is C14H9ClF3NO3. The van der Waals surface area contributed by atoms with Crippen molar-refractivity contribution in [2.45, 2.75) is 6.18 Å². The van der Waals surface area contributed by atoms with Gasteiger partial charge in [-0.1, -0.05) is 11.6 Å². The molecule has 0 saturated heterocycles. The smallest absolute Gasteiger partial charge is 0.416 e. The van der Waals surface area contributed by atoms with Gasteiger partial charge in [0.2, 0.25) is 6.41 Å². The first-order valence-corrected chi connectivity index (χ1v) is 6.27. The van der Waals surface area contributed by atoms with Gasteiger partial charge in [-0.3, -0.25) is 4.79 Å². The van der Waals surface area contributed by atoms with Crippen molar-refractivity contribution in [2.24, 2.45) is 0 Å². The molecule has 0 unspecified atom stereocenters. The largest absolute Gasteiger partial charge is 0.506 e. The summed E-state index contributed by atoms with van der Waals surface area (Å²) in [4.78, 5) is 10.3. The lowest BCUT2D eigenvalue weighted by atomic mass is 10.2. The highest BCUT2D eigenvalue weighted by molar-refractivity contribution is 6.32. The molecule has 0 atom stereocenters. The zero-order chi connectivity index (χ0) is 16.3. The van der Waals surface area contributed by atoms with Crippen LogP contribution in [0.25, 0.3) is 0 Å². The number of halogens is 4. The average molecular weight is 332 g/mol. The number of hydrogen-bond acceptors (Lipinski definition) is 3. The maximum Gasteiger partial charge on any atom is 0.416 e. The number of nitrogens with one attached hydrogen (secondary N) is 1. The normalized spacial score (nSPS) is 11.1. The number of hydrogen-bond donors (Lipinski definition) is 2. The molecule has 0 fully saturated rings. The van der Waals surface area contributed by atoms with E-state index in [1.165, 1.54) is 18.2 Å². The van der Waals surface area contributed by atoms with Crippen LogP contribution in [0.1, 0.15) is 5.56 Å². The summed E-state index contributed by atoms with van der Waals surface area (Å²) >= 11 is 5.76. The van der Waals surface area contributed by atoms with Crippen LogP contribution in [0.4, 0.5) is 18.9 Å². The number of anilines is 1. The lowest BCUT2D eigenvalue weighted by Crippen LogP contribution is -2.04. The van der Waals surface area contributed by atoms with Gasteiger partial charge in [0.15, 0.2) is 0 Å². The van der Waals surface area contributed by atoms with Gasteiger partial charge >= 0.3 is 6.18 Å². The number of phenolic OH excluding ortho intramolecular Hbond substituents is 1. The molecular weight excluding hydrogens is 323 g/mol. The van der Waals surface area contributed by atoms with Crippen LogP contribution in [0.5, 0.6) is 17.2 Å². The van der Waals surface area contributed by atoms with E-state index < -0.39 is 11.7 Å². The van der Waals surface area contributed by atoms with Gasteiger partial charge in [0.05, 0.1) is 16.3 Å². The minimum Gasteiger partial charge on any atom is -0.506 e. The molecule has 1 amide bonds. The van der Waals surface area contributed by atoms with Gasteiger partial charge in [0, 0.05) is 6.07 Å². The van der Waals surface area contributed by atoms with Crippen LogP contribution in [0.15, 0.2) is 36.4 Å². The molecule has 2 rings (SSSR count). The lowest BCUT2D eigenvalue weighted by Gasteiger charge is -2.12.